The van der Waals surface area contributed by atoms with Crippen molar-refractivity contribution in [2.45, 2.75) is 10.6 Å². The van der Waals surface area contributed by atoms with Crippen LogP contribution in [0.5, 0.6) is 0 Å². The Morgan fingerprint density at radius 2 is 0.839 bits per heavy atom. The monoisotopic (exact) mass is 686 g/mol. The van der Waals surface area contributed by atoms with Crippen LogP contribution in [0.15, 0.2) is 103 Å². The minimum absolute atomic E-state index is 0.00796. The lowest BCUT2D eigenvalue weighted by Gasteiger charge is -2.40. The molecule has 0 aliphatic rings. The summed E-state index contributed by atoms with van der Waals surface area (Å²) in [6.45, 7) is 0. The van der Waals surface area contributed by atoms with E-state index in [-0.39, 0.29) is 66.0 Å². The molecule has 0 saturated heterocycles. The summed E-state index contributed by atoms with van der Waals surface area (Å²) >= 11 is 0. The van der Waals surface area contributed by atoms with E-state index in [1.807, 2.05) is 72.8 Å². The second-order valence-electron chi connectivity index (χ2n) is 14.0. The van der Waals surface area contributed by atoms with Crippen molar-refractivity contribution in [3.05, 3.63) is 109 Å². The van der Waals surface area contributed by atoms with E-state index in [1.165, 1.54) is 0 Å². The van der Waals surface area contributed by atoms with Crippen LogP contribution < -0.4 is 43.7 Å². The van der Waals surface area contributed by atoms with Gasteiger partial charge in [0, 0.05) is 0 Å². The lowest BCUT2D eigenvalue weighted by molar-refractivity contribution is 0.189. The first-order valence-electron chi connectivity index (χ1n) is 17.4. The summed E-state index contributed by atoms with van der Waals surface area (Å²) in [6.07, 6.45) is 0. The maximum atomic E-state index is 11.0. The molecule has 8 aromatic rings. The number of hydrogen-bond donors (Lipinski definition) is 1. The number of para-hydroxylation sites is 2. The quantitative estimate of drug-likeness (QED) is 0.165. The Morgan fingerprint density at radius 3 is 1.29 bits per heavy atom. The smallest absolute Gasteiger partial charge is 0.113 e. The highest BCUT2D eigenvalue weighted by atomic mass is 16.3. The molecule has 0 unspecified atom stereocenters. The molecule has 3 nitrogen and oxygen atoms in total. The third kappa shape index (κ3) is 5.75. The first-order chi connectivity index (χ1) is 26.5. The molecule has 0 aliphatic heterocycles. The number of hydrogen-bond acceptors (Lipinski definition) is 2. The molecule has 8 rings (SSSR count). The van der Waals surface area contributed by atoms with Crippen LogP contribution >= 0.6 is 0 Å². The summed E-state index contributed by atoms with van der Waals surface area (Å²) in [5.41, 5.74) is 6.04. The van der Waals surface area contributed by atoms with Crippen LogP contribution in [0.3, 0.4) is 0 Å². The van der Waals surface area contributed by atoms with Crippen molar-refractivity contribution in [2.75, 3.05) is 0 Å². The van der Waals surface area contributed by atoms with Gasteiger partial charge in [-0.2, -0.15) is 0 Å². The van der Waals surface area contributed by atoms with Crippen LogP contribution in [0.1, 0.15) is 5.82 Å². The Labute approximate surface area is 342 Å². The lowest BCUT2D eigenvalue weighted by Crippen LogP contribution is -2.55. The maximum absolute atomic E-state index is 11.0. The van der Waals surface area contributed by atoms with Crippen molar-refractivity contribution in [2.24, 2.45) is 0 Å². The standard InChI is InChI=1S/C41H18B12N2O/c42-30-26-25(22-16-20(18-9-3-1-4-10-18)15-21(17-22)19-11-5-2-6-12-19)27-29(33(45)37(49)35(47)31(27)43)38(28(26)32(44)36(48)34(30)46)55-24-14-8-7-13-23(24)54-39(55)40(50,51)41(52,53)56/h1-17,56H. The second-order valence-corrected chi connectivity index (χ2v) is 14.0. The number of fused-ring (bicyclic) bond motifs is 3. The molecule has 0 amide bonds. The highest BCUT2D eigenvalue weighted by Gasteiger charge is 2.40. The van der Waals surface area contributed by atoms with E-state index in [1.54, 1.807) is 28.8 Å². The van der Waals surface area contributed by atoms with E-state index in [4.69, 9.17) is 99.1 Å². The topological polar surface area (TPSA) is 38.0 Å². The molecule has 234 valence electrons. The van der Waals surface area contributed by atoms with Crippen LogP contribution in [-0.2, 0) is 5.21 Å². The molecule has 0 atom stereocenters. The normalized spacial score (nSPS) is 12.2. The number of rotatable bonds is 6. The van der Waals surface area contributed by atoms with Gasteiger partial charge in [0.1, 0.15) is 68.6 Å². The Hall–Kier alpha value is -4.73. The van der Waals surface area contributed by atoms with Gasteiger partial charge in [0.05, 0.1) is 48.1 Å². The molecule has 0 bridgehead atoms. The average Bonchev–Trinajstić information content (AvgIpc) is 3.59. The van der Waals surface area contributed by atoms with Crippen molar-refractivity contribution in [1.29, 1.82) is 0 Å². The highest BCUT2D eigenvalue weighted by Crippen LogP contribution is 2.43. The van der Waals surface area contributed by atoms with E-state index in [0.29, 0.717) is 32.9 Å². The van der Waals surface area contributed by atoms with Gasteiger partial charge in [-0.15, -0.1) is 21.9 Å². The van der Waals surface area contributed by atoms with Crippen molar-refractivity contribution in [3.63, 3.8) is 0 Å². The Balaban J connectivity index is 1.69. The van der Waals surface area contributed by atoms with Crippen LogP contribution in [0.2, 0.25) is 0 Å². The predicted molar refractivity (Wildman–Crippen MR) is 245 cm³/mol. The van der Waals surface area contributed by atoms with Gasteiger partial charge >= 0.3 is 0 Å². The van der Waals surface area contributed by atoms with Crippen molar-refractivity contribution in [3.8, 4) is 39.1 Å². The summed E-state index contributed by atoms with van der Waals surface area (Å²) in [6, 6.07) is 32.9. The van der Waals surface area contributed by atoms with Gasteiger partial charge < -0.3 is 5.11 Å². The third-order valence-corrected chi connectivity index (χ3v) is 10.5. The van der Waals surface area contributed by atoms with E-state index >= 15 is 0 Å². The lowest BCUT2D eigenvalue weighted by atomic mass is 9.35. The van der Waals surface area contributed by atoms with E-state index < -0.39 is 10.6 Å². The average molecular weight is 684 g/mol. The minimum atomic E-state index is -2.70. The molecule has 0 fully saturated rings. The molecule has 0 aliphatic carbocycles. The van der Waals surface area contributed by atoms with Gasteiger partial charge in [0.25, 0.3) is 0 Å². The van der Waals surface area contributed by atoms with Gasteiger partial charge in [-0.05, 0) is 95.9 Å². The third-order valence-electron chi connectivity index (χ3n) is 10.5. The Kier molecular flexibility index (Phi) is 9.36. The molecule has 56 heavy (non-hydrogen) atoms. The molecule has 7 aromatic carbocycles. The summed E-state index contributed by atoms with van der Waals surface area (Å²) in [5.74, 6) is -0.180. The zero-order chi connectivity index (χ0) is 40.0. The molecule has 15 heteroatoms. The van der Waals surface area contributed by atoms with Crippen LogP contribution in [-0.4, -0.2) is 114 Å². The van der Waals surface area contributed by atoms with Crippen LogP contribution in [0.4, 0.5) is 0 Å². The summed E-state index contributed by atoms with van der Waals surface area (Å²) in [4.78, 5) is 4.73. The predicted octanol–water partition coefficient (Wildman–Crippen LogP) is -1.84. The van der Waals surface area contributed by atoms with Crippen molar-refractivity contribution in [1.82, 2.24) is 9.55 Å². The molecule has 0 saturated carbocycles. The number of imidazole rings is 1. The second kappa shape index (κ2) is 13.7. The van der Waals surface area contributed by atoms with E-state index in [0.717, 1.165) is 22.3 Å². The zero-order valence-corrected chi connectivity index (χ0v) is 30.1. The number of aromatic nitrogens is 2. The first kappa shape index (κ1) is 38.2. The maximum Gasteiger partial charge on any atom is 0.113 e. The van der Waals surface area contributed by atoms with E-state index in [2.05, 4.69) is 6.07 Å². The fraction of sp³-hybridized carbons (Fsp3) is 0.0488. The molecule has 1 N–H and O–H groups in total. The Morgan fingerprint density at radius 1 is 0.446 bits per heavy atom. The van der Waals surface area contributed by atoms with Gasteiger partial charge in [0.15, 0.2) is 0 Å². The molecule has 24 radical (unpaired) electrons. The highest BCUT2D eigenvalue weighted by molar-refractivity contribution is 6.71. The number of benzene rings is 7. The van der Waals surface area contributed by atoms with E-state index in [9.17, 15) is 5.11 Å². The molecule has 0 spiro atoms. The molecular formula is C41H18B12N2O. The van der Waals surface area contributed by atoms with Gasteiger partial charge in [-0.25, -0.2) is 4.98 Å². The largest absolute Gasteiger partial charge is 0.410 e. The SMILES string of the molecule is [B]c1c([B])c([B])c2c(-n3c(C([B])([B])C([B])([B])O)nc4ccccc43)c3c([B])c([B])c([B])c([B])c3c(-c3cc(-c4ccccc4)cc(-c4ccccc4)c3)c2c1[B]. The van der Waals surface area contributed by atoms with Gasteiger partial charge in [0.2, 0.25) is 0 Å². The molecule has 1 aromatic heterocycles. The number of aliphatic hydroxyl groups is 1. The fourth-order valence-corrected chi connectivity index (χ4v) is 7.51. The minimum Gasteiger partial charge on any atom is -0.410 e. The summed E-state index contributed by atoms with van der Waals surface area (Å²) < 4.78 is 1.54. The first-order valence-corrected chi connectivity index (χ1v) is 17.4. The number of nitrogens with zero attached hydrogens (tertiary/aromatic N) is 2. The van der Waals surface area contributed by atoms with Gasteiger partial charge in [-0.1, -0.05) is 94.6 Å². The summed E-state index contributed by atoms with van der Waals surface area (Å²) in [7, 11) is 80.1. The zero-order valence-electron chi connectivity index (χ0n) is 30.1. The molecule has 1 heterocycles. The molecular weight excluding hydrogens is 666 g/mol. The Bertz CT molecular complexity index is 2770. The van der Waals surface area contributed by atoms with Gasteiger partial charge in [-0.3, -0.25) is 4.57 Å². The van der Waals surface area contributed by atoms with Crippen LogP contribution in [0, 0.1) is 0 Å². The fourth-order valence-electron chi connectivity index (χ4n) is 7.51. The van der Waals surface area contributed by atoms with Crippen LogP contribution in [0.25, 0.3) is 71.6 Å². The summed E-state index contributed by atoms with van der Waals surface area (Å²) in [5, 5.41) is 7.10. The van der Waals surface area contributed by atoms with Crippen molar-refractivity contribution >= 4 is 170 Å². The van der Waals surface area contributed by atoms with Crippen molar-refractivity contribution < 1.29 is 5.11 Å².